The lowest BCUT2D eigenvalue weighted by molar-refractivity contribution is -0.199. The number of sulfonamides is 1. The monoisotopic (exact) mass is 611 g/mol. The number of halogens is 3. The molecule has 222 valence electrons. The molecule has 0 atom stereocenters. The smallest absolute Gasteiger partial charge is 0.490 e. The summed E-state index contributed by atoms with van der Waals surface area (Å²) in [5, 5.41) is 4.32. The summed E-state index contributed by atoms with van der Waals surface area (Å²) in [7, 11) is -2.76. The molecule has 13 heteroatoms. The van der Waals surface area contributed by atoms with Crippen LogP contribution in [0.2, 0.25) is 0 Å². The van der Waals surface area contributed by atoms with Crippen LogP contribution in [0.15, 0.2) is 41.3 Å². The number of aryl methyl sites for hydroxylation is 2. The molecule has 2 N–H and O–H groups in total. The molecule has 1 fully saturated rings. The van der Waals surface area contributed by atoms with Gasteiger partial charge in [-0.25, -0.2) is 18.2 Å². The zero-order chi connectivity index (χ0) is 29.8. The number of anilines is 2. The van der Waals surface area contributed by atoms with Gasteiger partial charge in [-0.2, -0.15) is 13.2 Å². The van der Waals surface area contributed by atoms with Crippen LogP contribution in [0.3, 0.4) is 0 Å². The van der Waals surface area contributed by atoms with Crippen molar-refractivity contribution in [1.82, 2.24) is 4.98 Å². The number of carbonyl (C=O) groups excluding carboxylic acids is 1. The van der Waals surface area contributed by atoms with Crippen LogP contribution in [-0.4, -0.2) is 45.3 Å². The van der Waals surface area contributed by atoms with Crippen molar-refractivity contribution in [3.8, 4) is 16.2 Å². The molecule has 8 nitrogen and oxygen atoms in total. The van der Waals surface area contributed by atoms with E-state index in [1.807, 2.05) is 6.92 Å². The van der Waals surface area contributed by atoms with Gasteiger partial charge in [0.25, 0.3) is 10.0 Å². The number of ether oxygens (including phenoxy) is 2. The predicted molar refractivity (Wildman–Crippen MR) is 152 cm³/mol. The van der Waals surface area contributed by atoms with Crippen molar-refractivity contribution in [1.29, 1.82) is 0 Å². The van der Waals surface area contributed by atoms with E-state index >= 15 is 0 Å². The third-order valence-corrected chi connectivity index (χ3v) is 9.42. The molecule has 1 heterocycles. The van der Waals surface area contributed by atoms with Crippen LogP contribution in [0.1, 0.15) is 48.9 Å². The molecule has 0 bridgehead atoms. The summed E-state index contributed by atoms with van der Waals surface area (Å²) < 4.78 is 76.5. The minimum Gasteiger partial charge on any atom is -0.495 e. The maximum Gasteiger partial charge on any atom is 0.490 e. The Hall–Kier alpha value is -3.32. The van der Waals surface area contributed by atoms with Gasteiger partial charge in [0.15, 0.2) is 5.13 Å². The van der Waals surface area contributed by atoms with E-state index in [2.05, 4.69) is 19.8 Å². The Morgan fingerprint density at radius 2 is 1.83 bits per heavy atom. The van der Waals surface area contributed by atoms with Crippen LogP contribution in [0.5, 0.6) is 5.75 Å². The number of benzene rings is 2. The van der Waals surface area contributed by atoms with E-state index < -0.39 is 28.8 Å². The predicted octanol–water partition coefficient (Wildman–Crippen LogP) is 6.63. The third kappa shape index (κ3) is 7.70. The first kappa shape index (κ1) is 30.6. The van der Waals surface area contributed by atoms with Gasteiger partial charge in [-0.15, -0.1) is 0 Å². The number of thiazole rings is 1. The normalized spacial score (nSPS) is 14.5. The van der Waals surface area contributed by atoms with Crippen molar-refractivity contribution in [3.63, 3.8) is 0 Å². The van der Waals surface area contributed by atoms with Gasteiger partial charge in [-0.3, -0.25) is 4.72 Å². The zero-order valence-electron chi connectivity index (χ0n) is 22.9. The van der Waals surface area contributed by atoms with Gasteiger partial charge < -0.3 is 14.8 Å². The molecule has 1 aliphatic carbocycles. The largest absolute Gasteiger partial charge is 0.495 e. The Morgan fingerprint density at radius 3 is 2.51 bits per heavy atom. The van der Waals surface area contributed by atoms with E-state index in [0.717, 1.165) is 28.5 Å². The number of aromatic nitrogens is 1. The van der Waals surface area contributed by atoms with Gasteiger partial charge in [0.05, 0.1) is 24.3 Å². The highest BCUT2D eigenvalue weighted by atomic mass is 32.2. The first-order chi connectivity index (χ1) is 19.4. The number of carbonyl (C=O) groups is 1. The van der Waals surface area contributed by atoms with Gasteiger partial charge in [0.1, 0.15) is 10.6 Å². The van der Waals surface area contributed by atoms with Crippen molar-refractivity contribution >= 4 is 38.1 Å². The summed E-state index contributed by atoms with van der Waals surface area (Å²) in [6.07, 6.45) is 0.729. The molecule has 0 unspecified atom stereocenters. The molecule has 1 aliphatic rings. The second-order valence-electron chi connectivity index (χ2n) is 9.91. The van der Waals surface area contributed by atoms with Crippen molar-refractivity contribution in [2.75, 3.05) is 23.8 Å². The maximum atomic E-state index is 13.5. The number of hydrogen-bond donors (Lipinski definition) is 2. The van der Waals surface area contributed by atoms with E-state index in [-0.39, 0.29) is 22.8 Å². The number of esters is 1. The summed E-state index contributed by atoms with van der Waals surface area (Å²) in [6, 6.07) is 9.98. The fraction of sp³-hybridized carbons (Fsp3) is 0.429. The molecular weight excluding hydrogens is 579 g/mol. The molecule has 41 heavy (non-hydrogen) atoms. The van der Waals surface area contributed by atoms with Crippen LogP contribution in [0.25, 0.3) is 10.4 Å². The number of nitrogens with zero attached hydrogens (tertiary/aromatic N) is 1. The zero-order valence-corrected chi connectivity index (χ0v) is 24.6. The van der Waals surface area contributed by atoms with Gasteiger partial charge >= 0.3 is 12.1 Å². The Kier molecular flexibility index (Phi) is 9.48. The molecular formula is C28H32F3N3O5S2. The topological polar surface area (TPSA) is 107 Å². The van der Waals surface area contributed by atoms with Crippen molar-refractivity contribution < 1.29 is 35.9 Å². The molecule has 1 saturated carbocycles. The number of alkyl halides is 3. The quantitative estimate of drug-likeness (QED) is 0.248. The van der Waals surface area contributed by atoms with E-state index in [1.54, 1.807) is 31.2 Å². The van der Waals surface area contributed by atoms with Crippen LogP contribution in [0.4, 0.5) is 24.0 Å². The minimum atomic E-state index is -5.08. The van der Waals surface area contributed by atoms with Crippen LogP contribution >= 0.6 is 11.3 Å². The summed E-state index contributed by atoms with van der Waals surface area (Å²) in [6.45, 7) is 3.10. The van der Waals surface area contributed by atoms with E-state index in [1.165, 1.54) is 49.8 Å². The molecule has 2 aromatic carbocycles. The van der Waals surface area contributed by atoms with E-state index in [0.29, 0.717) is 22.7 Å². The third-order valence-electron chi connectivity index (χ3n) is 6.88. The van der Waals surface area contributed by atoms with Crippen LogP contribution in [0, 0.1) is 13.8 Å². The Balaban J connectivity index is 1.54. The van der Waals surface area contributed by atoms with Gasteiger partial charge in [-0.05, 0) is 73.7 Å². The first-order valence-electron chi connectivity index (χ1n) is 13.2. The molecule has 0 spiro atoms. The summed E-state index contributed by atoms with van der Waals surface area (Å²) >= 11 is 1.47. The number of methoxy groups -OCH3 is 1. The van der Waals surface area contributed by atoms with Gasteiger partial charge in [0.2, 0.25) is 0 Å². The fourth-order valence-electron chi connectivity index (χ4n) is 4.73. The summed E-state index contributed by atoms with van der Waals surface area (Å²) in [4.78, 5) is 16.4. The van der Waals surface area contributed by atoms with Gasteiger partial charge in [0, 0.05) is 18.2 Å². The lowest BCUT2D eigenvalue weighted by atomic mass is 9.96. The average molecular weight is 612 g/mol. The molecule has 0 radical (unpaired) electrons. The van der Waals surface area contributed by atoms with Crippen molar-refractivity contribution in [2.45, 2.75) is 69.5 Å². The Labute approximate surface area is 241 Å². The number of rotatable bonds is 10. The van der Waals surface area contributed by atoms with Crippen LogP contribution in [-0.2, 0) is 26.0 Å². The first-order valence-corrected chi connectivity index (χ1v) is 15.5. The number of nitrogens with one attached hydrogen (secondary N) is 2. The lowest BCUT2D eigenvalue weighted by Crippen LogP contribution is -2.26. The van der Waals surface area contributed by atoms with E-state index in [4.69, 9.17) is 4.74 Å². The highest BCUT2D eigenvalue weighted by molar-refractivity contribution is 7.92. The second kappa shape index (κ2) is 12.7. The molecule has 0 amide bonds. The highest BCUT2D eigenvalue weighted by Gasteiger charge is 2.40. The average Bonchev–Trinajstić information content (AvgIpc) is 3.29. The summed E-state index contributed by atoms with van der Waals surface area (Å²) in [5.41, 5.74) is 2.89. The fourth-order valence-corrected chi connectivity index (χ4v) is 7.01. The Morgan fingerprint density at radius 1 is 1.10 bits per heavy atom. The van der Waals surface area contributed by atoms with E-state index in [9.17, 15) is 26.4 Å². The highest BCUT2D eigenvalue weighted by Crippen LogP contribution is 2.38. The second-order valence-corrected chi connectivity index (χ2v) is 12.6. The molecule has 3 aromatic rings. The molecule has 0 saturated heterocycles. The van der Waals surface area contributed by atoms with Crippen molar-refractivity contribution in [3.05, 3.63) is 53.2 Å². The number of hydrogen-bond acceptors (Lipinski definition) is 8. The minimum absolute atomic E-state index is 0.0239. The standard InChI is InChI=1S/C28H32F3N3O5S2/c1-17-9-11-22(15-19(17)13-14-39-26(35)28(29,30)31)34-41(36,37)24-16-20(10-12-23(24)38-3)25-18(2)32-27(40-25)33-21-7-5-4-6-8-21/h9-12,15-16,21,34H,4-8,13-14H2,1-3H3,(H,32,33). The Bertz CT molecular complexity index is 1500. The summed E-state index contributed by atoms with van der Waals surface area (Å²) in [5.74, 6) is -2.12. The van der Waals surface area contributed by atoms with Crippen molar-refractivity contribution in [2.24, 2.45) is 0 Å². The SMILES string of the molecule is COc1ccc(-c2sc(NC3CCCCC3)nc2C)cc1S(=O)(=O)Nc1ccc(C)c(CCOC(=O)C(F)(F)F)c1. The lowest BCUT2D eigenvalue weighted by Gasteiger charge is -2.22. The molecule has 4 rings (SSSR count). The maximum absolute atomic E-state index is 13.5. The molecule has 1 aromatic heterocycles. The van der Waals surface area contributed by atoms with Crippen LogP contribution < -0.4 is 14.8 Å². The molecule has 0 aliphatic heterocycles. The van der Waals surface area contributed by atoms with Gasteiger partial charge in [-0.1, -0.05) is 36.7 Å².